The molecule has 156 valence electrons. The van der Waals surface area contributed by atoms with Gasteiger partial charge in [0.15, 0.2) is 5.96 Å². The molecule has 1 aromatic rings. The van der Waals surface area contributed by atoms with Crippen LogP contribution in [0.2, 0.25) is 0 Å². The van der Waals surface area contributed by atoms with Crippen LogP contribution >= 0.6 is 0 Å². The molecular weight excluding hydrogens is 356 g/mol. The first-order chi connectivity index (χ1) is 13.2. The fourth-order valence-corrected chi connectivity index (χ4v) is 3.02. The summed E-state index contributed by atoms with van der Waals surface area (Å²) < 4.78 is 11.0. The Labute approximate surface area is 168 Å². The minimum atomic E-state index is -0.490. The fourth-order valence-electron chi connectivity index (χ4n) is 3.02. The average molecular weight is 391 g/mol. The van der Waals surface area contributed by atoms with E-state index in [0.29, 0.717) is 13.1 Å². The summed E-state index contributed by atoms with van der Waals surface area (Å²) in [5.74, 6) is 1.70. The standard InChI is InChI=1S/C21H34N4O3/c1-15(2)27-18-9-7-16(8-10-18)13-23-19(22-6)25-12-11-17(14-25)24-20(26)28-21(3,4)5/h7-10,15,17H,11-14H2,1-6H3,(H,22,23)(H,24,26). The molecule has 1 saturated heterocycles. The van der Waals surface area contributed by atoms with Gasteiger partial charge in [0, 0.05) is 26.7 Å². The van der Waals surface area contributed by atoms with Gasteiger partial charge in [-0.15, -0.1) is 0 Å². The summed E-state index contributed by atoms with van der Waals surface area (Å²) in [6.07, 6.45) is 0.660. The van der Waals surface area contributed by atoms with Crippen LogP contribution in [-0.4, -0.2) is 54.8 Å². The number of carbonyl (C=O) groups excluding carboxylic acids is 1. The lowest BCUT2D eigenvalue weighted by Gasteiger charge is -2.23. The number of carbonyl (C=O) groups is 1. The van der Waals surface area contributed by atoms with Crippen LogP contribution < -0.4 is 15.4 Å². The number of hydrogen-bond acceptors (Lipinski definition) is 4. The molecule has 1 fully saturated rings. The molecule has 1 atom stereocenters. The molecular formula is C21H34N4O3. The second-order valence-electron chi connectivity index (χ2n) is 8.29. The highest BCUT2D eigenvalue weighted by molar-refractivity contribution is 5.80. The van der Waals surface area contributed by atoms with Gasteiger partial charge in [0.05, 0.1) is 12.1 Å². The molecule has 0 aromatic heterocycles. The third-order valence-corrected chi connectivity index (χ3v) is 4.17. The molecule has 1 aliphatic heterocycles. The number of guanidine groups is 1. The Morgan fingerprint density at radius 2 is 1.96 bits per heavy atom. The van der Waals surface area contributed by atoms with Gasteiger partial charge in [-0.1, -0.05) is 12.1 Å². The maximum absolute atomic E-state index is 12.0. The van der Waals surface area contributed by atoms with Crippen molar-refractivity contribution in [2.75, 3.05) is 20.1 Å². The zero-order valence-corrected chi connectivity index (χ0v) is 17.9. The maximum Gasteiger partial charge on any atom is 0.407 e. The van der Waals surface area contributed by atoms with Crippen molar-refractivity contribution in [2.24, 2.45) is 4.99 Å². The smallest absolute Gasteiger partial charge is 0.407 e. The SMILES string of the molecule is CN=C(NCc1ccc(OC(C)C)cc1)N1CCC(NC(=O)OC(C)(C)C)C1. The lowest BCUT2D eigenvalue weighted by atomic mass is 10.2. The van der Waals surface area contributed by atoms with E-state index in [9.17, 15) is 4.79 Å². The Hall–Kier alpha value is -2.44. The first-order valence-corrected chi connectivity index (χ1v) is 9.87. The zero-order valence-electron chi connectivity index (χ0n) is 17.9. The van der Waals surface area contributed by atoms with E-state index in [0.717, 1.165) is 30.2 Å². The summed E-state index contributed by atoms with van der Waals surface area (Å²) in [5, 5.41) is 6.33. The van der Waals surface area contributed by atoms with Crippen molar-refractivity contribution in [1.82, 2.24) is 15.5 Å². The Kier molecular flexibility index (Phi) is 7.54. The van der Waals surface area contributed by atoms with Gasteiger partial charge in [0.25, 0.3) is 0 Å². The predicted octanol–water partition coefficient (Wildman–Crippen LogP) is 3.15. The molecule has 0 spiro atoms. The van der Waals surface area contributed by atoms with Crippen LogP contribution in [0.1, 0.15) is 46.6 Å². The summed E-state index contributed by atoms with van der Waals surface area (Å²) in [4.78, 5) is 18.5. The second-order valence-corrected chi connectivity index (χ2v) is 8.29. The first-order valence-electron chi connectivity index (χ1n) is 9.87. The number of benzene rings is 1. The lowest BCUT2D eigenvalue weighted by molar-refractivity contribution is 0.0507. The number of nitrogens with one attached hydrogen (secondary N) is 2. The normalized spacial score (nSPS) is 17.6. The number of alkyl carbamates (subject to hydrolysis) is 1. The maximum atomic E-state index is 12.0. The van der Waals surface area contributed by atoms with Crippen molar-refractivity contribution in [1.29, 1.82) is 0 Å². The summed E-state index contributed by atoms with van der Waals surface area (Å²) >= 11 is 0. The summed E-state index contributed by atoms with van der Waals surface area (Å²) in [6, 6.07) is 8.12. The second kappa shape index (κ2) is 9.66. The molecule has 0 radical (unpaired) electrons. The number of amides is 1. The van der Waals surface area contributed by atoms with Crippen LogP contribution in [0, 0.1) is 0 Å². The molecule has 0 saturated carbocycles. The van der Waals surface area contributed by atoms with Gasteiger partial charge in [-0.2, -0.15) is 0 Å². The van der Waals surface area contributed by atoms with Gasteiger partial charge in [-0.3, -0.25) is 4.99 Å². The van der Waals surface area contributed by atoms with Gasteiger partial charge < -0.3 is 25.0 Å². The molecule has 28 heavy (non-hydrogen) atoms. The Morgan fingerprint density at radius 3 is 2.54 bits per heavy atom. The Bertz CT molecular complexity index is 665. The van der Waals surface area contributed by atoms with E-state index in [1.807, 2.05) is 46.8 Å². The van der Waals surface area contributed by atoms with E-state index in [-0.39, 0.29) is 18.2 Å². The van der Waals surface area contributed by atoms with Gasteiger partial charge in [-0.25, -0.2) is 4.79 Å². The quantitative estimate of drug-likeness (QED) is 0.597. The number of ether oxygens (including phenoxy) is 2. The number of aliphatic imine (C=N–C) groups is 1. The minimum absolute atomic E-state index is 0.0564. The van der Waals surface area contributed by atoms with Gasteiger partial charge in [0.1, 0.15) is 11.4 Å². The summed E-state index contributed by atoms with van der Waals surface area (Å²) in [5.41, 5.74) is 0.662. The third kappa shape index (κ3) is 7.29. The van der Waals surface area contributed by atoms with Crippen LogP contribution in [0.5, 0.6) is 5.75 Å². The molecule has 7 nitrogen and oxygen atoms in total. The van der Waals surface area contributed by atoms with Crippen LogP contribution in [0.15, 0.2) is 29.3 Å². The van der Waals surface area contributed by atoms with Gasteiger partial charge in [0.2, 0.25) is 0 Å². The molecule has 0 aliphatic carbocycles. The topological polar surface area (TPSA) is 75.2 Å². The lowest BCUT2D eigenvalue weighted by Crippen LogP contribution is -2.44. The van der Waals surface area contributed by atoms with Crippen LogP contribution in [0.25, 0.3) is 0 Å². The van der Waals surface area contributed by atoms with Crippen molar-refractivity contribution < 1.29 is 14.3 Å². The third-order valence-electron chi connectivity index (χ3n) is 4.17. The average Bonchev–Trinajstić information content (AvgIpc) is 3.03. The number of rotatable bonds is 5. The number of likely N-dealkylation sites (tertiary alicyclic amines) is 1. The molecule has 2 N–H and O–H groups in total. The van der Waals surface area contributed by atoms with Crippen LogP contribution in [0.3, 0.4) is 0 Å². The summed E-state index contributed by atoms with van der Waals surface area (Å²) in [6.45, 7) is 11.8. The molecule has 7 heteroatoms. The fraction of sp³-hybridized carbons (Fsp3) is 0.619. The van der Waals surface area contributed by atoms with E-state index in [1.54, 1.807) is 7.05 Å². The van der Waals surface area contributed by atoms with E-state index < -0.39 is 5.60 Å². The van der Waals surface area contributed by atoms with Crippen molar-refractivity contribution >= 4 is 12.1 Å². The molecule has 1 amide bonds. The molecule has 2 rings (SSSR count). The largest absolute Gasteiger partial charge is 0.491 e. The Balaban J connectivity index is 1.81. The van der Waals surface area contributed by atoms with Crippen molar-refractivity contribution in [3.8, 4) is 5.75 Å². The van der Waals surface area contributed by atoms with Gasteiger partial charge in [-0.05, 0) is 58.7 Å². The van der Waals surface area contributed by atoms with Crippen molar-refractivity contribution in [2.45, 2.75) is 65.3 Å². The monoisotopic (exact) mass is 390 g/mol. The van der Waals surface area contributed by atoms with Crippen LogP contribution in [-0.2, 0) is 11.3 Å². The highest BCUT2D eigenvalue weighted by Gasteiger charge is 2.27. The highest BCUT2D eigenvalue weighted by atomic mass is 16.6. The Morgan fingerprint density at radius 1 is 1.29 bits per heavy atom. The molecule has 1 aliphatic rings. The molecule has 1 heterocycles. The van der Waals surface area contributed by atoms with Crippen molar-refractivity contribution in [3.05, 3.63) is 29.8 Å². The van der Waals surface area contributed by atoms with E-state index in [1.165, 1.54) is 0 Å². The molecule has 0 bridgehead atoms. The summed E-state index contributed by atoms with van der Waals surface area (Å²) in [7, 11) is 1.77. The van der Waals surface area contributed by atoms with Crippen LogP contribution in [0.4, 0.5) is 4.79 Å². The van der Waals surface area contributed by atoms with Gasteiger partial charge >= 0.3 is 6.09 Å². The molecule has 1 unspecified atom stereocenters. The minimum Gasteiger partial charge on any atom is -0.491 e. The highest BCUT2D eigenvalue weighted by Crippen LogP contribution is 2.15. The van der Waals surface area contributed by atoms with E-state index >= 15 is 0 Å². The van der Waals surface area contributed by atoms with E-state index in [4.69, 9.17) is 9.47 Å². The molecule has 1 aromatic carbocycles. The zero-order chi connectivity index (χ0) is 20.7. The number of hydrogen-bond donors (Lipinski definition) is 2. The van der Waals surface area contributed by atoms with E-state index in [2.05, 4.69) is 32.7 Å². The first kappa shape index (κ1) is 21.9. The number of nitrogens with zero attached hydrogens (tertiary/aromatic N) is 2. The van der Waals surface area contributed by atoms with Crippen molar-refractivity contribution in [3.63, 3.8) is 0 Å². The predicted molar refractivity (Wildman–Crippen MR) is 112 cm³/mol.